The second-order valence-corrected chi connectivity index (χ2v) is 14.6. The van der Waals surface area contributed by atoms with Crippen LogP contribution in [0.3, 0.4) is 0 Å². The highest BCUT2D eigenvalue weighted by Gasteiger charge is 2.58. The van der Waals surface area contributed by atoms with E-state index in [0.29, 0.717) is 24.2 Å². The molecule has 4 fully saturated rings. The molecular formula is C33H50O11. The fourth-order valence-electron chi connectivity index (χ4n) is 9.64. The molecular weight excluding hydrogens is 572 g/mol. The molecule has 6 aliphatic rings. The first kappa shape index (κ1) is 32.7. The van der Waals surface area contributed by atoms with Gasteiger partial charge in [0.25, 0.3) is 0 Å². The third-order valence-corrected chi connectivity index (χ3v) is 12.3. The van der Waals surface area contributed by atoms with Crippen molar-refractivity contribution in [3.8, 4) is 0 Å². The zero-order valence-electron chi connectivity index (χ0n) is 26.1. The maximum Gasteiger partial charge on any atom is 0.187 e. The Hall–Kier alpha value is -1.25. The van der Waals surface area contributed by atoms with Gasteiger partial charge in [0.2, 0.25) is 0 Å². The first-order chi connectivity index (χ1) is 20.8. The zero-order chi connectivity index (χ0) is 31.7. The number of hydrogen-bond donors (Lipinski definition) is 6. The van der Waals surface area contributed by atoms with E-state index < -0.39 is 68.0 Å². The number of aliphatic hydroxyl groups is 6. The molecule has 11 nitrogen and oxygen atoms in total. The number of carbonyl (C=O) groups excluding carboxylic acids is 1. The van der Waals surface area contributed by atoms with Crippen molar-refractivity contribution in [3.63, 3.8) is 0 Å². The van der Waals surface area contributed by atoms with Crippen molar-refractivity contribution in [2.45, 2.75) is 140 Å². The Labute approximate surface area is 258 Å². The van der Waals surface area contributed by atoms with Crippen LogP contribution in [0.25, 0.3) is 0 Å². The number of fused-ring (bicyclic) bond motifs is 5. The lowest BCUT2D eigenvalue weighted by Crippen LogP contribution is -2.64. The van der Waals surface area contributed by atoms with Gasteiger partial charge in [0.1, 0.15) is 42.7 Å². The summed E-state index contributed by atoms with van der Waals surface area (Å²) < 4.78 is 23.8. The highest BCUT2D eigenvalue weighted by atomic mass is 16.8. The molecule has 248 valence electrons. The molecule has 16 atom stereocenters. The molecule has 0 bridgehead atoms. The summed E-state index contributed by atoms with van der Waals surface area (Å²) in [5.41, 5.74) is 2.34. The number of hydrogen-bond acceptors (Lipinski definition) is 11. The van der Waals surface area contributed by atoms with Gasteiger partial charge in [0.15, 0.2) is 18.4 Å². The molecule has 2 saturated carbocycles. The molecule has 11 heteroatoms. The molecule has 0 aromatic carbocycles. The number of ketones is 1. The van der Waals surface area contributed by atoms with Gasteiger partial charge < -0.3 is 49.6 Å². The Kier molecular flexibility index (Phi) is 8.97. The van der Waals surface area contributed by atoms with Crippen LogP contribution < -0.4 is 0 Å². The van der Waals surface area contributed by atoms with Crippen molar-refractivity contribution >= 4 is 5.78 Å². The molecule has 2 heterocycles. The van der Waals surface area contributed by atoms with Crippen LogP contribution in [0.2, 0.25) is 0 Å². The summed E-state index contributed by atoms with van der Waals surface area (Å²) in [7, 11) is 0. The van der Waals surface area contributed by atoms with E-state index in [1.54, 1.807) is 6.92 Å². The number of rotatable bonds is 6. The second-order valence-electron chi connectivity index (χ2n) is 14.6. The van der Waals surface area contributed by atoms with E-state index in [9.17, 15) is 35.4 Å². The Morgan fingerprint density at radius 2 is 1.59 bits per heavy atom. The minimum Gasteiger partial charge on any atom is -0.394 e. The van der Waals surface area contributed by atoms with Crippen molar-refractivity contribution in [1.29, 1.82) is 0 Å². The van der Waals surface area contributed by atoms with Gasteiger partial charge in [-0.15, -0.1) is 0 Å². The summed E-state index contributed by atoms with van der Waals surface area (Å²) in [4.78, 5) is 12.4. The first-order valence-electron chi connectivity index (χ1n) is 16.3. The van der Waals surface area contributed by atoms with Gasteiger partial charge in [-0.1, -0.05) is 31.6 Å². The van der Waals surface area contributed by atoms with E-state index in [-0.39, 0.29) is 22.7 Å². The molecule has 0 spiro atoms. The summed E-state index contributed by atoms with van der Waals surface area (Å²) in [6, 6.07) is 0. The molecule has 0 radical (unpaired) electrons. The molecule has 6 N–H and O–H groups in total. The van der Waals surface area contributed by atoms with Gasteiger partial charge in [0.05, 0.1) is 18.8 Å². The monoisotopic (exact) mass is 622 g/mol. The van der Waals surface area contributed by atoms with Gasteiger partial charge in [-0.3, -0.25) is 4.79 Å². The van der Waals surface area contributed by atoms with Crippen molar-refractivity contribution < 1.29 is 54.4 Å². The highest BCUT2D eigenvalue weighted by molar-refractivity contribution is 5.95. The minimum absolute atomic E-state index is 0.0168. The Bertz CT molecular complexity index is 1160. The SMILES string of the molecule is CC(=O)C1=CC[C@H]2[C@@H]3CC=C4CC(OC5O[C@H](CO)[C@H](O)[C@H](O)[C@H]5OC5OC(C)[C@@H](O)[C@H](O)[C@@H]5O)CC[C@]4(C)[C@H]3CC[C@]12C. The van der Waals surface area contributed by atoms with Crippen LogP contribution in [0.15, 0.2) is 23.3 Å². The number of allylic oxidation sites excluding steroid dienone is 3. The molecule has 44 heavy (non-hydrogen) atoms. The summed E-state index contributed by atoms with van der Waals surface area (Å²) >= 11 is 0. The van der Waals surface area contributed by atoms with Crippen LogP contribution in [0.1, 0.15) is 72.6 Å². The average Bonchev–Trinajstić information content (AvgIpc) is 3.36. The maximum absolute atomic E-state index is 12.4. The van der Waals surface area contributed by atoms with Crippen molar-refractivity contribution in [2.24, 2.45) is 28.6 Å². The molecule has 0 amide bonds. The number of carbonyl (C=O) groups is 1. The molecule has 2 aliphatic heterocycles. The first-order valence-corrected chi connectivity index (χ1v) is 16.3. The summed E-state index contributed by atoms with van der Waals surface area (Å²) in [5, 5.41) is 62.3. The van der Waals surface area contributed by atoms with Gasteiger partial charge in [-0.05, 0) is 93.0 Å². The summed E-state index contributed by atoms with van der Waals surface area (Å²) in [6.45, 7) is 7.33. The number of Topliss-reactive ketones (excluding diaryl/α,β-unsaturated/α-hetero) is 1. The molecule has 4 unspecified atom stereocenters. The average molecular weight is 623 g/mol. The molecule has 0 aromatic rings. The van der Waals surface area contributed by atoms with Crippen LogP contribution in [-0.4, -0.2) is 111 Å². The molecule has 2 saturated heterocycles. The van der Waals surface area contributed by atoms with E-state index in [1.807, 2.05) is 0 Å². The predicted molar refractivity (Wildman–Crippen MR) is 156 cm³/mol. The smallest absolute Gasteiger partial charge is 0.187 e. The normalized spacial score (nSPS) is 52.3. The van der Waals surface area contributed by atoms with Crippen LogP contribution in [0.4, 0.5) is 0 Å². The lowest BCUT2D eigenvalue weighted by atomic mass is 9.47. The maximum atomic E-state index is 12.4. The van der Waals surface area contributed by atoms with E-state index >= 15 is 0 Å². The van der Waals surface area contributed by atoms with Crippen LogP contribution in [0, 0.1) is 28.6 Å². The highest BCUT2D eigenvalue weighted by Crippen LogP contribution is 2.65. The standard InChI is InChI=1S/C33H50O11/c1-15(35)20-7-8-21-19-6-5-17-13-18(9-11-32(17,3)22(19)10-12-33(20,21)4)42-31-29(27(39)25(37)23(14-34)43-31)44-30-28(40)26(38)24(36)16(2)41-30/h5,7,16,18-19,21-31,34,36-40H,6,8-14H2,1-4H3/t16?,18?,19-,21-,22-,23+,24+,25-,26-,27-,28-,29+,30?,31?,32-,33+/m0/s1. The molecule has 0 aromatic heterocycles. The third kappa shape index (κ3) is 5.25. The van der Waals surface area contributed by atoms with Gasteiger partial charge in [-0.25, -0.2) is 0 Å². The predicted octanol–water partition coefficient (Wildman–Crippen LogP) is 1.11. The van der Waals surface area contributed by atoms with Crippen LogP contribution in [0.5, 0.6) is 0 Å². The Morgan fingerprint density at radius 3 is 2.30 bits per heavy atom. The topological polar surface area (TPSA) is 175 Å². The van der Waals surface area contributed by atoms with Gasteiger partial charge in [-0.2, -0.15) is 0 Å². The molecule has 6 rings (SSSR count). The van der Waals surface area contributed by atoms with E-state index in [2.05, 4.69) is 26.0 Å². The fraction of sp³-hybridized carbons (Fsp3) is 0.848. The molecule has 4 aliphatic carbocycles. The van der Waals surface area contributed by atoms with Crippen molar-refractivity contribution in [2.75, 3.05) is 6.61 Å². The van der Waals surface area contributed by atoms with E-state index in [1.165, 1.54) is 12.5 Å². The van der Waals surface area contributed by atoms with Crippen molar-refractivity contribution in [1.82, 2.24) is 0 Å². The lowest BCUT2D eigenvalue weighted by Gasteiger charge is -2.58. The van der Waals surface area contributed by atoms with Crippen molar-refractivity contribution in [3.05, 3.63) is 23.3 Å². The van der Waals surface area contributed by atoms with E-state index in [4.69, 9.17) is 18.9 Å². The van der Waals surface area contributed by atoms with Gasteiger partial charge >= 0.3 is 0 Å². The lowest BCUT2D eigenvalue weighted by molar-refractivity contribution is -0.369. The summed E-state index contributed by atoms with van der Waals surface area (Å²) in [6.07, 6.45) is -2.79. The largest absolute Gasteiger partial charge is 0.394 e. The second kappa shape index (κ2) is 12.1. The number of ether oxygens (including phenoxy) is 4. The van der Waals surface area contributed by atoms with E-state index in [0.717, 1.165) is 44.1 Å². The van der Waals surface area contributed by atoms with Crippen LogP contribution in [-0.2, 0) is 23.7 Å². The van der Waals surface area contributed by atoms with Gasteiger partial charge in [0, 0.05) is 0 Å². The third-order valence-electron chi connectivity index (χ3n) is 12.3. The Balaban J connectivity index is 1.17. The van der Waals surface area contributed by atoms with Crippen LogP contribution >= 0.6 is 0 Å². The quantitative estimate of drug-likeness (QED) is 0.234. The summed E-state index contributed by atoms with van der Waals surface area (Å²) in [5.74, 6) is 1.71. The number of aliphatic hydroxyl groups excluding tert-OH is 6. The Morgan fingerprint density at radius 1 is 0.864 bits per heavy atom. The minimum atomic E-state index is -1.61. The zero-order valence-corrected chi connectivity index (χ0v) is 26.1. The fourth-order valence-corrected chi connectivity index (χ4v) is 9.64.